The quantitative estimate of drug-likeness (QED) is 0.594. The van der Waals surface area contributed by atoms with E-state index in [1.165, 1.54) is 10.6 Å². The second-order valence-corrected chi connectivity index (χ2v) is 6.69. The van der Waals surface area contributed by atoms with Crippen molar-refractivity contribution in [2.24, 2.45) is 0 Å². The molecule has 0 saturated carbocycles. The minimum atomic E-state index is -0.591. The van der Waals surface area contributed by atoms with Crippen molar-refractivity contribution in [1.82, 2.24) is 4.57 Å². The van der Waals surface area contributed by atoms with Gasteiger partial charge in [-0.3, -0.25) is 9.59 Å². The Kier molecular flexibility index (Phi) is 6.46. The monoisotopic (exact) mass is 393 g/mol. The second kappa shape index (κ2) is 9.21. The zero-order valence-corrected chi connectivity index (χ0v) is 16.4. The first-order chi connectivity index (χ1) is 14.0. The number of Topliss-reactive ketones (excluding diaryl/α,β-unsaturated/α-hetero) is 1. The number of aliphatic hydroxyl groups is 1. The topological polar surface area (TPSA) is 77.8 Å². The molecular formula is C23H23NO5. The van der Waals surface area contributed by atoms with Crippen molar-refractivity contribution in [3.05, 3.63) is 93.9 Å². The Bertz CT molecular complexity index is 1020. The number of nitrogens with zero attached hydrogens (tertiary/aromatic N) is 1. The zero-order chi connectivity index (χ0) is 20.8. The van der Waals surface area contributed by atoms with Crippen LogP contribution in [0.2, 0.25) is 0 Å². The Morgan fingerprint density at radius 1 is 1.03 bits per heavy atom. The highest BCUT2D eigenvalue weighted by atomic mass is 16.5. The van der Waals surface area contributed by atoms with E-state index in [2.05, 4.69) is 0 Å². The summed E-state index contributed by atoms with van der Waals surface area (Å²) in [6, 6.07) is 17.2. The SMILES string of the molecule is COc1ccc(COc2ccn(CC(=O)c3ccc(C(C)O)cc3)c(=O)c2)cc1. The van der Waals surface area contributed by atoms with Crippen molar-refractivity contribution >= 4 is 5.78 Å². The maximum atomic E-state index is 12.4. The van der Waals surface area contributed by atoms with Crippen molar-refractivity contribution in [3.63, 3.8) is 0 Å². The number of rotatable bonds is 8. The van der Waals surface area contributed by atoms with Crippen LogP contribution in [0, 0.1) is 0 Å². The summed E-state index contributed by atoms with van der Waals surface area (Å²) >= 11 is 0. The molecule has 6 nitrogen and oxygen atoms in total. The van der Waals surface area contributed by atoms with Crippen LogP contribution in [0.3, 0.4) is 0 Å². The van der Waals surface area contributed by atoms with E-state index in [1.54, 1.807) is 50.6 Å². The maximum Gasteiger partial charge on any atom is 0.254 e. The summed E-state index contributed by atoms with van der Waals surface area (Å²) in [7, 11) is 1.61. The molecule has 29 heavy (non-hydrogen) atoms. The van der Waals surface area contributed by atoms with Gasteiger partial charge >= 0.3 is 0 Å². The van der Waals surface area contributed by atoms with Crippen LogP contribution in [0.25, 0.3) is 0 Å². The lowest BCUT2D eigenvalue weighted by molar-refractivity contribution is 0.0970. The average Bonchev–Trinajstić information content (AvgIpc) is 2.74. The lowest BCUT2D eigenvalue weighted by Gasteiger charge is -2.10. The summed E-state index contributed by atoms with van der Waals surface area (Å²) in [5, 5.41) is 9.54. The number of carbonyl (C=O) groups excluding carboxylic acids is 1. The van der Waals surface area contributed by atoms with Crippen LogP contribution < -0.4 is 15.0 Å². The minimum Gasteiger partial charge on any atom is -0.497 e. The van der Waals surface area contributed by atoms with E-state index < -0.39 is 6.10 Å². The number of ketones is 1. The number of aliphatic hydroxyl groups excluding tert-OH is 1. The van der Waals surface area contributed by atoms with Gasteiger partial charge in [-0.2, -0.15) is 0 Å². The summed E-state index contributed by atoms with van der Waals surface area (Å²) in [6.45, 7) is 1.92. The van der Waals surface area contributed by atoms with Gasteiger partial charge in [0.2, 0.25) is 0 Å². The number of benzene rings is 2. The maximum absolute atomic E-state index is 12.4. The van der Waals surface area contributed by atoms with Crippen molar-refractivity contribution < 1.29 is 19.4 Å². The molecule has 1 N–H and O–H groups in total. The summed E-state index contributed by atoms with van der Waals surface area (Å²) < 4.78 is 12.1. The van der Waals surface area contributed by atoms with Gasteiger partial charge in [0.15, 0.2) is 5.78 Å². The normalized spacial score (nSPS) is 11.7. The number of methoxy groups -OCH3 is 1. The van der Waals surface area contributed by atoms with Gasteiger partial charge in [-0.25, -0.2) is 0 Å². The molecule has 6 heteroatoms. The largest absolute Gasteiger partial charge is 0.497 e. The van der Waals surface area contributed by atoms with Gasteiger partial charge in [0, 0.05) is 17.8 Å². The van der Waals surface area contributed by atoms with E-state index in [4.69, 9.17) is 9.47 Å². The van der Waals surface area contributed by atoms with Gasteiger partial charge < -0.3 is 19.1 Å². The molecule has 3 aromatic rings. The Labute approximate surface area is 169 Å². The van der Waals surface area contributed by atoms with Crippen LogP contribution in [-0.4, -0.2) is 22.6 Å². The van der Waals surface area contributed by atoms with Crippen LogP contribution in [-0.2, 0) is 13.2 Å². The van der Waals surface area contributed by atoms with Gasteiger partial charge in [0.1, 0.15) is 18.1 Å². The molecule has 0 radical (unpaired) electrons. The first-order valence-electron chi connectivity index (χ1n) is 9.23. The molecule has 3 rings (SSSR count). The summed E-state index contributed by atoms with van der Waals surface area (Å²) in [4.78, 5) is 24.8. The third-order valence-electron chi connectivity index (χ3n) is 4.56. The standard InChI is InChI=1S/C23H23NO5/c1-16(25)18-5-7-19(8-6-18)22(26)14-24-12-11-21(13-23(24)27)29-15-17-3-9-20(28-2)10-4-17/h3-13,16,25H,14-15H2,1-2H3. The van der Waals surface area contributed by atoms with Crippen molar-refractivity contribution in [2.75, 3.05) is 7.11 Å². The summed E-state index contributed by atoms with van der Waals surface area (Å²) in [5.41, 5.74) is 1.86. The molecule has 0 amide bonds. The fourth-order valence-corrected chi connectivity index (χ4v) is 2.79. The highest BCUT2D eigenvalue weighted by molar-refractivity contribution is 5.95. The summed E-state index contributed by atoms with van der Waals surface area (Å²) in [6.07, 6.45) is 0.959. The van der Waals surface area contributed by atoms with Crippen LogP contribution in [0.15, 0.2) is 71.7 Å². The van der Waals surface area contributed by atoms with E-state index >= 15 is 0 Å². The number of pyridine rings is 1. The van der Waals surface area contributed by atoms with Gasteiger partial charge in [0.25, 0.3) is 5.56 Å². The molecule has 0 aliphatic heterocycles. The van der Waals surface area contributed by atoms with E-state index in [1.807, 2.05) is 24.3 Å². The Balaban J connectivity index is 1.62. The van der Waals surface area contributed by atoms with E-state index in [9.17, 15) is 14.7 Å². The molecule has 0 bridgehead atoms. The predicted octanol–water partition coefficient (Wildman–Crippen LogP) is 3.37. The van der Waals surface area contributed by atoms with Crippen LogP contribution in [0.4, 0.5) is 0 Å². The third kappa shape index (κ3) is 5.33. The second-order valence-electron chi connectivity index (χ2n) is 6.69. The fraction of sp³-hybridized carbons (Fsp3) is 0.217. The number of carbonyl (C=O) groups is 1. The molecule has 0 aliphatic carbocycles. The van der Waals surface area contributed by atoms with Crippen molar-refractivity contribution in [1.29, 1.82) is 0 Å². The number of aromatic nitrogens is 1. The van der Waals surface area contributed by atoms with Gasteiger partial charge in [-0.05, 0) is 36.2 Å². The highest BCUT2D eigenvalue weighted by Crippen LogP contribution is 2.15. The molecular weight excluding hydrogens is 370 g/mol. The lowest BCUT2D eigenvalue weighted by atomic mass is 10.1. The van der Waals surface area contributed by atoms with E-state index in [0.29, 0.717) is 17.9 Å². The fourth-order valence-electron chi connectivity index (χ4n) is 2.79. The molecule has 1 unspecified atom stereocenters. The predicted molar refractivity (Wildman–Crippen MR) is 109 cm³/mol. The molecule has 150 valence electrons. The Morgan fingerprint density at radius 2 is 1.72 bits per heavy atom. The van der Waals surface area contributed by atoms with E-state index in [0.717, 1.165) is 16.9 Å². The number of ether oxygens (including phenoxy) is 2. The minimum absolute atomic E-state index is 0.0639. The Morgan fingerprint density at radius 3 is 2.31 bits per heavy atom. The van der Waals surface area contributed by atoms with Crippen molar-refractivity contribution in [3.8, 4) is 11.5 Å². The van der Waals surface area contributed by atoms with Crippen LogP contribution in [0.1, 0.15) is 34.5 Å². The molecule has 0 spiro atoms. The number of hydrogen-bond donors (Lipinski definition) is 1. The van der Waals surface area contributed by atoms with Gasteiger partial charge in [-0.15, -0.1) is 0 Å². The number of hydrogen-bond acceptors (Lipinski definition) is 5. The molecule has 1 atom stereocenters. The van der Waals surface area contributed by atoms with Crippen LogP contribution in [0.5, 0.6) is 11.5 Å². The first kappa shape index (κ1) is 20.4. The van der Waals surface area contributed by atoms with Crippen LogP contribution >= 0.6 is 0 Å². The molecule has 0 saturated heterocycles. The van der Waals surface area contributed by atoms with E-state index in [-0.39, 0.29) is 17.9 Å². The average molecular weight is 393 g/mol. The van der Waals surface area contributed by atoms with Gasteiger partial charge in [-0.1, -0.05) is 36.4 Å². The van der Waals surface area contributed by atoms with Gasteiger partial charge in [0.05, 0.1) is 19.8 Å². The smallest absolute Gasteiger partial charge is 0.254 e. The highest BCUT2D eigenvalue weighted by Gasteiger charge is 2.10. The lowest BCUT2D eigenvalue weighted by Crippen LogP contribution is -2.23. The molecule has 0 aliphatic rings. The Hall–Kier alpha value is -3.38. The first-order valence-corrected chi connectivity index (χ1v) is 9.23. The van der Waals surface area contributed by atoms with Crippen molar-refractivity contribution in [2.45, 2.75) is 26.2 Å². The third-order valence-corrected chi connectivity index (χ3v) is 4.56. The molecule has 0 fully saturated rings. The summed E-state index contributed by atoms with van der Waals surface area (Å²) in [5.74, 6) is 1.02. The zero-order valence-electron chi connectivity index (χ0n) is 16.4. The molecule has 1 aromatic heterocycles. The molecule has 1 heterocycles. The molecule has 2 aromatic carbocycles.